The Morgan fingerprint density at radius 3 is 2.52 bits per heavy atom. The highest BCUT2D eigenvalue weighted by atomic mass is 16.6. The van der Waals surface area contributed by atoms with Gasteiger partial charge in [0.2, 0.25) is 0 Å². The molecule has 2 fully saturated rings. The van der Waals surface area contributed by atoms with Gasteiger partial charge >= 0.3 is 5.97 Å². The molecule has 2 aliphatic rings. The molecule has 2 aromatic carbocycles. The smallest absolute Gasteiger partial charge is 0.347 e. The van der Waals surface area contributed by atoms with Crippen LogP contribution < -0.4 is 4.74 Å². The van der Waals surface area contributed by atoms with Crippen molar-refractivity contribution in [2.24, 2.45) is 0 Å². The average Bonchev–Trinajstić information content (AvgIpc) is 2.83. The first-order chi connectivity index (χ1) is 12.1. The topological polar surface area (TPSA) is 38.8 Å². The summed E-state index contributed by atoms with van der Waals surface area (Å²) in [6.45, 7) is 1.77. The SMILES string of the molecule is CC(Oc1cccc2ccccc12)C(=O)OC1C[C@H]2CC[C@@H](C1)N2C. The van der Waals surface area contributed by atoms with E-state index in [9.17, 15) is 4.79 Å². The molecular weight excluding hydrogens is 314 g/mol. The highest BCUT2D eigenvalue weighted by Gasteiger charge is 2.40. The highest BCUT2D eigenvalue weighted by molar-refractivity contribution is 5.88. The first kappa shape index (κ1) is 16.4. The maximum absolute atomic E-state index is 12.5. The minimum absolute atomic E-state index is 0.0276. The Bertz CT molecular complexity index is 755. The summed E-state index contributed by atoms with van der Waals surface area (Å²) in [6, 6.07) is 15.0. The van der Waals surface area contributed by atoms with Crippen LogP contribution in [-0.4, -0.2) is 42.2 Å². The first-order valence-corrected chi connectivity index (χ1v) is 9.18. The van der Waals surface area contributed by atoms with Crippen LogP contribution in [0.1, 0.15) is 32.6 Å². The van der Waals surface area contributed by atoms with Crippen molar-refractivity contribution in [2.45, 2.75) is 56.9 Å². The normalized spacial score (nSPS) is 27.2. The summed E-state index contributed by atoms with van der Waals surface area (Å²) in [6.07, 6.45) is 3.75. The molecule has 0 N–H and O–H groups in total. The number of carbonyl (C=O) groups is 1. The minimum atomic E-state index is -0.608. The van der Waals surface area contributed by atoms with E-state index in [1.807, 2.05) is 42.5 Å². The predicted octanol–water partition coefficient (Wildman–Crippen LogP) is 3.78. The van der Waals surface area contributed by atoms with Crippen LogP contribution in [-0.2, 0) is 9.53 Å². The molecule has 2 aromatic rings. The van der Waals surface area contributed by atoms with E-state index in [0.717, 1.165) is 29.4 Å². The third-order valence-corrected chi connectivity index (χ3v) is 5.72. The Hall–Kier alpha value is -2.07. The van der Waals surface area contributed by atoms with Gasteiger partial charge in [0.25, 0.3) is 0 Å². The minimum Gasteiger partial charge on any atom is -0.478 e. The van der Waals surface area contributed by atoms with Gasteiger partial charge in [0.05, 0.1) is 0 Å². The van der Waals surface area contributed by atoms with Gasteiger partial charge in [-0.05, 0) is 51.1 Å². The molecule has 4 heteroatoms. The van der Waals surface area contributed by atoms with E-state index in [1.54, 1.807) is 6.92 Å². The fraction of sp³-hybridized carbons (Fsp3) is 0.476. The van der Waals surface area contributed by atoms with Gasteiger partial charge in [0.15, 0.2) is 6.10 Å². The quantitative estimate of drug-likeness (QED) is 0.795. The second kappa shape index (κ2) is 6.68. The summed E-state index contributed by atoms with van der Waals surface area (Å²) in [5.41, 5.74) is 0. The molecule has 0 saturated carbocycles. The van der Waals surface area contributed by atoms with Crippen molar-refractivity contribution in [3.8, 4) is 5.75 Å². The third kappa shape index (κ3) is 3.23. The summed E-state index contributed by atoms with van der Waals surface area (Å²) in [5, 5.41) is 2.12. The molecule has 0 amide bonds. The molecule has 0 aliphatic carbocycles. The number of rotatable bonds is 4. The summed E-state index contributed by atoms with van der Waals surface area (Å²) >= 11 is 0. The van der Waals surface area contributed by atoms with Crippen LogP contribution in [0.15, 0.2) is 42.5 Å². The van der Waals surface area contributed by atoms with Gasteiger partial charge in [-0.2, -0.15) is 0 Å². The van der Waals surface area contributed by atoms with Gasteiger partial charge in [-0.3, -0.25) is 0 Å². The molecular formula is C21H25NO3. The number of carbonyl (C=O) groups excluding carboxylic acids is 1. The molecule has 25 heavy (non-hydrogen) atoms. The van der Waals surface area contributed by atoms with Crippen molar-refractivity contribution in [1.82, 2.24) is 4.90 Å². The molecule has 2 aliphatic heterocycles. The zero-order valence-corrected chi connectivity index (χ0v) is 14.9. The molecule has 0 spiro atoms. The Morgan fingerprint density at radius 2 is 1.76 bits per heavy atom. The summed E-state index contributed by atoms with van der Waals surface area (Å²) in [5.74, 6) is 0.466. The maximum atomic E-state index is 12.5. The van der Waals surface area contributed by atoms with Crippen molar-refractivity contribution in [1.29, 1.82) is 0 Å². The molecule has 2 unspecified atom stereocenters. The van der Waals surface area contributed by atoms with Gasteiger partial charge in [-0.25, -0.2) is 4.79 Å². The Kier molecular flexibility index (Phi) is 4.38. The fourth-order valence-corrected chi connectivity index (χ4v) is 4.25. The van der Waals surface area contributed by atoms with Crippen LogP contribution in [0.4, 0.5) is 0 Å². The van der Waals surface area contributed by atoms with Crippen molar-refractivity contribution in [3.05, 3.63) is 42.5 Å². The Labute approximate surface area is 148 Å². The number of ether oxygens (including phenoxy) is 2. The number of fused-ring (bicyclic) bond motifs is 3. The van der Waals surface area contributed by atoms with E-state index in [1.165, 1.54) is 12.8 Å². The monoisotopic (exact) mass is 339 g/mol. The summed E-state index contributed by atoms with van der Waals surface area (Å²) in [4.78, 5) is 15.0. The zero-order valence-electron chi connectivity index (χ0n) is 14.9. The summed E-state index contributed by atoms with van der Waals surface area (Å²) < 4.78 is 11.7. The van der Waals surface area contributed by atoms with E-state index < -0.39 is 6.10 Å². The zero-order chi connectivity index (χ0) is 17.4. The lowest BCUT2D eigenvalue weighted by atomic mass is 10.0. The number of piperidine rings is 1. The van der Waals surface area contributed by atoms with E-state index in [4.69, 9.17) is 9.47 Å². The third-order valence-electron chi connectivity index (χ3n) is 5.72. The number of esters is 1. The van der Waals surface area contributed by atoms with Crippen LogP contribution in [0.2, 0.25) is 0 Å². The predicted molar refractivity (Wildman–Crippen MR) is 97.7 cm³/mol. The lowest BCUT2D eigenvalue weighted by Crippen LogP contribution is -2.44. The molecule has 4 rings (SSSR count). The second-order valence-corrected chi connectivity index (χ2v) is 7.32. The van der Waals surface area contributed by atoms with E-state index >= 15 is 0 Å². The lowest BCUT2D eigenvalue weighted by molar-refractivity contribution is -0.159. The highest BCUT2D eigenvalue weighted by Crippen LogP contribution is 2.35. The lowest BCUT2D eigenvalue weighted by Gasteiger charge is -2.36. The fourth-order valence-electron chi connectivity index (χ4n) is 4.25. The molecule has 0 aromatic heterocycles. The van der Waals surface area contributed by atoms with Gasteiger partial charge in [0.1, 0.15) is 11.9 Å². The molecule has 2 saturated heterocycles. The van der Waals surface area contributed by atoms with Gasteiger partial charge in [-0.15, -0.1) is 0 Å². The molecule has 4 nitrogen and oxygen atoms in total. The van der Waals surface area contributed by atoms with Gasteiger partial charge in [0, 0.05) is 17.5 Å². The number of benzene rings is 2. The Morgan fingerprint density at radius 1 is 1.08 bits per heavy atom. The average molecular weight is 339 g/mol. The van der Waals surface area contributed by atoms with E-state index in [-0.39, 0.29) is 12.1 Å². The second-order valence-electron chi connectivity index (χ2n) is 7.32. The van der Waals surface area contributed by atoms with E-state index in [2.05, 4.69) is 11.9 Å². The Balaban J connectivity index is 1.41. The maximum Gasteiger partial charge on any atom is 0.347 e. The number of nitrogens with zero attached hydrogens (tertiary/aromatic N) is 1. The van der Waals surface area contributed by atoms with Crippen molar-refractivity contribution >= 4 is 16.7 Å². The van der Waals surface area contributed by atoms with Crippen molar-refractivity contribution in [3.63, 3.8) is 0 Å². The van der Waals surface area contributed by atoms with Gasteiger partial charge < -0.3 is 14.4 Å². The van der Waals surface area contributed by atoms with Crippen molar-refractivity contribution in [2.75, 3.05) is 7.05 Å². The summed E-state index contributed by atoms with van der Waals surface area (Å²) in [7, 11) is 2.19. The molecule has 0 radical (unpaired) electrons. The van der Waals surface area contributed by atoms with Gasteiger partial charge in [-0.1, -0.05) is 36.4 Å². The number of hydrogen-bond acceptors (Lipinski definition) is 4. The number of hydrogen-bond donors (Lipinski definition) is 0. The molecule has 2 heterocycles. The first-order valence-electron chi connectivity index (χ1n) is 9.18. The van der Waals surface area contributed by atoms with Crippen LogP contribution in [0.25, 0.3) is 10.8 Å². The van der Waals surface area contributed by atoms with Crippen molar-refractivity contribution < 1.29 is 14.3 Å². The van der Waals surface area contributed by atoms with Crippen LogP contribution >= 0.6 is 0 Å². The van der Waals surface area contributed by atoms with Crippen LogP contribution in [0.3, 0.4) is 0 Å². The van der Waals surface area contributed by atoms with Crippen LogP contribution in [0.5, 0.6) is 5.75 Å². The van der Waals surface area contributed by atoms with Crippen LogP contribution in [0, 0.1) is 0 Å². The largest absolute Gasteiger partial charge is 0.478 e. The molecule has 4 atom stereocenters. The molecule has 132 valence electrons. The van der Waals surface area contributed by atoms with E-state index in [0.29, 0.717) is 12.1 Å². The molecule has 2 bridgehead atoms. The standard InChI is InChI=1S/C21H25NO3/c1-14(24-20-9-5-7-15-6-3-4-8-19(15)20)21(23)25-18-12-16-10-11-17(13-18)22(16)2/h3-9,14,16-18H,10-13H2,1-2H3/t14?,16-,17+,18?.